The Labute approximate surface area is 130 Å². The second-order valence-corrected chi connectivity index (χ2v) is 7.37. The highest BCUT2D eigenvalue weighted by molar-refractivity contribution is 7.89. The molecule has 0 bridgehead atoms. The monoisotopic (exact) mass is 346 g/mol. The SMILES string of the molecule is Cc1nc(CNS(=O)(=O)c2ccc(Cl)c(C(=O)O)c2)cs1. The summed E-state index contributed by atoms with van der Waals surface area (Å²) in [6, 6.07) is 3.52. The third-order valence-electron chi connectivity index (χ3n) is 2.59. The lowest BCUT2D eigenvalue weighted by Crippen LogP contribution is -2.23. The zero-order valence-electron chi connectivity index (χ0n) is 10.8. The smallest absolute Gasteiger partial charge is 0.337 e. The molecule has 0 amide bonds. The van der Waals surface area contributed by atoms with Crippen molar-refractivity contribution in [2.75, 3.05) is 0 Å². The average molecular weight is 347 g/mol. The number of nitrogens with one attached hydrogen (secondary N) is 1. The number of nitrogens with zero attached hydrogens (tertiary/aromatic N) is 1. The van der Waals surface area contributed by atoms with Crippen LogP contribution in [0.2, 0.25) is 5.02 Å². The molecule has 2 N–H and O–H groups in total. The molecule has 0 saturated carbocycles. The highest BCUT2D eigenvalue weighted by Gasteiger charge is 2.18. The molecule has 6 nitrogen and oxygen atoms in total. The van der Waals surface area contributed by atoms with Crippen molar-refractivity contribution < 1.29 is 18.3 Å². The van der Waals surface area contributed by atoms with Gasteiger partial charge in [0, 0.05) is 5.38 Å². The average Bonchev–Trinajstić information content (AvgIpc) is 2.82. The maximum absolute atomic E-state index is 12.1. The molecule has 0 saturated heterocycles. The van der Waals surface area contributed by atoms with Crippen LogP contribution in [-0.2, 0) is 16.6 Å². The molecule has 0 aliphatic carbocycles. The molecule has 0 aliphatic heterocycles. The first kappa shape index (κ1) is 15.9. The van der Waals surface area contributed by atoms with Crippen molar-refractivity contribution in [3.8, 4) is 0 Å². The quantitative estimate of drug-likeness (QED) is 0.865. The highest BCUT2D eigenvalue weighted by Crippen LogP contribution is 2.20. The summed E-state index contributed by atoms with van der Waals surface area (Å²) in [7, 11) is -3.83. The summed E-state index contributed by atoms with van der Waals surface area (Å²) in [4.78, 5) is 15.0. The summed E-state index contributed by atoms with van der Waals surface area (Å²) in [5, 5.41) is 11.5. The molecule has 0 aliphatic rings. The van der Waals surface area contributed by atoms with Crippen molar-refractivity contribution in [1.29, 1.82) is 0 Å². The van der Waals surface area contributed by atoms with Crippen LogP contribution in [0.1, 0.15) is 21.1 Å². The number of aromatic carboxylic acids is 1. The third-order valence-corrected chi connectivity index (χ3v) is 5.14. The number of carboxylic acids is 1. The van der Waals surface area contributed by atoms with E-state index in [-0.39, 0.29) is 22.0 Å². The normalized spacial score (nSPS) is 11.5. The first-order valence-electron chi connectivity index (χ1n) is 5.73. The van der Waals surface area contributed by atoms with Crippen LogP contribution in [0.25, 0.3) is 0 Å². The minimum absolute atomic E-state index is 0.0171. The van der Waals surface area contributed by atoms with Gasteiger partial charge in [-0.2, -0.15) is 0 Å². The molecule has 0 unspecified atom stereocenters. The molecule has 21 heavy (non-hydrogen) atoms. The van der Waals surface area contributed by atoms with Gasteiger partial charge in [-0.15, -0.1) is 11.3 Å². The van der Waals surface area contributed by atoms with Gasteiger partial charge in [0.1, 0.15) is 0 Å². The van der Waals surface area contributed by atoms with Crippen LogP contribution in [0.15, 0.2) is 28.5 Å². The Morgan fingerprint density at radius 1 is 1.48 bits per heavy atom. The number of rotatable bonds is 5. The number of halogens is 1. The predicted molar refractivity (Wildman–Crippen MR) is 79.3 cm³/mol. The summed E-state index contributed by atoms with van der Waals surface area (Å²) in [6.45, 7) is 1.86. The lowest BCUT2D eigenvalue weighted by Gasteiger charge is -2.07. The molecule has 0 spiro atoms. The second kappa shape index (κ2) is 6.10. The third kappa shape index (κ3) is 3.79. The van der Waals surface area contributed by atoms with Gasteiger partial charge in [0.25, 0.3) is 0 Å². The number of hydrogen-bond acceptors (Lipinski definition) is 5. The minimum atomic E-state index is -3.83. The van der Waals surface area contributed by atoms with Gasteiger partial charge in [-0.3, -0.25) is 0 Å². The van der Waals surface area contributed by atoms with Gasteiger partial charge in [0.15, 0.2) is 0 Å². The molecule has 1 aromatic heterocycles. The fourth-order valence-corrected chi connectivity index (χ4v) is 3.41. The van der Waals surface area contributed by atoms with Gasteiger partial charge in [0.05, 0.1) is 32.7 Å². The number of thiazole rings is 1. The maximum Gasteiger partial charge on any atom is 0.337 e. The number of aromatic nitrogens is 1. The fourth-order valence-electron chi connectivity index (χ4n) is 1.58. The molecule has 0 radical (unpaired) electrons. The zero-order valence-corrected chi connectivity index (χ0v) is 13.2. The highest BCUT2D eigenvalue weighted by atomic mass is 35.5. The van der Waals surface area contributed by atoms with Gasteiger partial charge in [-0.05, 0) is 25.1 Å². The standard InChI is InChI=1S/C12H11ClN2O4S2/c1-7-15-8(6-20-7)5-14-21(18,19)9-2-3-11(13)10(4-9)12(16)17/h2-4,6,14H,5H2,1H3,(H,16,17). The van der Waals surface area contributed by atoms with Crippen molar-refractivity contribution >= 4 is 38.9 Å². The molecule has 2 rings (SSSR count). The second-order valence-electron chi connectivity index (χ2n) is 4.13. The van der Waals surface area contributed by atoms with Gasteiger partial charge in [-0.1, -0.05) is 11.6 Å². The number of sulfonamides is 1. The molecule has 1 heterocycles. The van der Waals surface area contributed by atoms with E-state index in [1.54, 1.807) is 5.38 Å². The number of hydrogen-bond donors (Lipinski definition) is 2. The molecule has 9 heteroatoms. The Kier molecular flexibility index (Phi) is 4.62. The summed E-state index contributed by atoms with van der Waals surface area (Å²) >= 11 is 7.13. The first-order chi connectivity index (χ1) is 9.79. The van der Waals surface area contributed by atoms with E-state index >= 15 is 0 Å². The number of carboxylic acid groups (broad SMARTS) is 1. The lowest BCUT2D eigenvalue weighted by molar-refractivity contribution is 0.0697. The van der Waals surface area contributed by atoms with Crippen LogP contribution in [-0.4, -0.2) is 24.5 Å². The molecule has 2 aromatic rings. The van der Waals surface area contributed by atoms with E-state index in [9.17, 15) is 13.2 Å². The Hall–Kier alpha value is -1.48. The van der Waals surface area contributed by atoms with Crippen LogP contribution in [0.5, 0.6) is 0 Å². The van der Waals surface area contributed by atoms with Gasteiger partial charge >= 0.3 is 5.97 Å². The van der Waals surface area contributed by atoms with E-state index in [1.807, 2.05) is 6.92 Å². The van der Waals surface area contributed by atoms with Gasteiger partial charge < -0.3 is 5.11 Å². The maximum atomic E-state index is 12.1. The van der Waals surface area contributed by atoms with Crippen LogP contribution in [0.3, 0.4) is 0 Å². The summed E-state index contributed by atoms with van der Waals surface area (Å²) in [5.41, 5.74) is 0.345. The number of benzene rings is 1. The molecule has 112 valence electrons. The Morgan fingerprint density at radius 2 is 2.19 bits per heavy atom. The van der Waals surface area contributed by atoms with Crippen molar-refractivity contribution in [2.24, 2.45) is 0 Å². The number of carbonyl (C=O) groups is 1. The first-order valence-corrected chi connectivity index (χ1v) is 8.47. The Morgan fingerprint density at radius 3 is 2.76 bits per heavy atom. The van der Waals surface area contributed by atoms with Gasteiger partial charge in [0.2, 0.25) is 10.0 Å². The largest absolute Gasteiger partial charge is 0.478 e. The topological polar surface area (TPSA) is 96.4 Å². The Bertz CT molecular complexity index is 786. The minimum Gasteiger partial charge on any atom is -0.478 e. The van der Waals surface area contributed by atoms with Crippen molar-refractivity contribution in [1.82, 2.24) is 9.71 Å². The van der Waals surface area contributed by atoms with Gasteiger partial charge in [-0.25, -0.2) is 22.9 Å². The van der Waals surface area contributed by atoms with E-state index in [1.165, 1.54) is 23.5 Å². The summed E-state index contributed by atoms with van der Waals surface area (Å²) < 4.78 is 26.6. The summed E-state index contributed by atoms with van der Waals surface area (Å²) in [6.07, 6.45) is 0. The molecular formula is C12H11ClN2O4S2. The van der Waals surface area contributed by atoms with Crippen LogP contribution >= 0.6 is 22.9 Å². The molecular weight excluding hydrogens is 336 g/mol. The van der Waals surface area contributed by atoms with E-state index in [0.717, 1.165) is 11.1 Å². The van der Waals surface area contributed by atoms with Crippen molar-refractivity contribution in [3.05, 3.63) is 44.9 Å². The van der Waals surface area contributed by atoms with E-state index in [4.69, 9.17) is 16.7 Å². The molecule has 1 aromatic carbocycles. The molecule has 0 fully saturated rings. The van der Waals surface area contributed by atoms with Crippen LogP contribution in [0, 0.1) is 6.92 Å². The zero-order chi connectivity index (χ0) is 15.6. The molecule has 0 atom stereocenters. The predicted octanol–water partition coefficient (Wildman–Crippen LogP) is 2.28. The van der Waals surface area contributed by atoms with E-state index < -0.39 is 16.0 Å². The van der Waals surface area contributed by atoms with E-state index in [2.05, 4.69) is 9.71 Å². The summed E-state index contributed by atoms with van der Waals surface area (Å²) in [5.74, 6) is -1.29. The lowest BCUT2D eigenvalue weighted by atomic mass is 10.2. The van der Waals surface area contributed by atoms with Crippen molar-refractivity contribution in [2.45, 2.75) is 18.4 Å². The fraction of sp³-hybridized carbons (Fsp3) is 0.167. The van der Waals surface area contributed by atoms with Crippen LogP contribution < -0.4 is 4.72 Å². The Balaban J connectivity index is 2.23. The van der Waals surface area contributed by atoms with Crippen LogP contribution in [0.4, 0.5) is 0 Å². The number of aryl methyl sites for hydroxylation is 1. The van der Waals surface area contributed by atoms with E-state index in [0.29, 0.717) is 5.69 Å². The van der Waals surface area contributed by atoms with Crippen molar-refractivity contribution in [3.63, 3.8) is 0 Å².